The van der Waals surface area contributed by atoms with Crippen LogP contribution in [0.4, 0.5) is 0 Å². The smallest absolute Gasteiger partial charge is 0.155 e. The number of nitrogens with zero attached hydrogens (tertiary/aromatic N) is 2. The van der Waals surface area contributed by atoms with E-state index in [9.17, 15) is 0 Å². The summed E-state index contributed by atoms with van der Waals surface area (Å²) in [7, 11) is 13.6. The lowest BCUT2D eigenvalue weighted by molar-refractivity contribution is -0.895. The highest BCUT2D eigenvalue weighted by Gasteiger charge is 2.24. The first-order chi connectivity index (χ1) is 13.1. The molecule has 0 unspecified atom stereocenters. The molecule has 0 atom stereocenters. The molecule has 186 valence electrons. The van der Waals surface area contributed by atoms with E-state index in [4.69, 9.17) is 4.74 Å². The summed E-state index contributed by atoms with van der Waals surface area (Å²) < 4.78 is 8.22. The number of quaternary nitrogens is 2. The maximum Gasteiger partial charge on any atom is 0.155 e. The number of hydrogen-bond acceptors (Lipinski definition) is 1. The highest BCUT2D eigenvalue weighted by atomic mass is 35.5. The molecule has 0 saturated carbocycles. The van der Waals surface area contributed by atoms with Crippen LogP contribution in [0.25, 0.3) is 0 Å². The van der Waals surface area contributed by atoms with Crippen LogP contribution in [0.5, 0.6) is 0 Å². The molecule has 0 fully saturated rings. The van der Waals surface area contributed by atoms with Crippen LogP contribution in [0.2, 0.25) is 0 Å². The predicted octanol–water partition coefficient (Wildman–Crippen LogP) is 0.273. The number of halogens is 2. The molecular formula is C25H56Cl2N2O. The van der Waals surface area contributed by atoms with Gasteiger partial charge in [0.25, 0.3) is 0 Å². The van der Waals surface area contributed by atoms with Crippen molar-refractivity contribution in [2.24, 2.45) is 0 Å². The van der Waals surface area contributed by atoms with Crippen molar-refractivity contribution in [3.05, 3.63) is 0 Å². The minimum absolute atomic E-state index is 0. The molecule has 5 heteroatoms. The van der Waals surface area contributed by atoms with Crippen molar-refractivity contribution in [1.29, 1.82) is 0 Å². The van der Waals surface area contributed by atoms with Crippen molar-refractivity contribution >= 4 is 0 Å². The van der Waals surface area contributed by atoms with Gasteiger partial charge in [0.15, 0.2) is 6.10 Å². The van der Waals surface area contributed by atoms with E-state index >= 15 is 0 Å². The maximum absolute atomic E-state index is 6.27. The van der Waals surface area contributed by atoms with Gasteiger partial charge in [0.1, 0.15) is 13.1 Å². The molecule has 0 radical (unpaired) electrons. The summed E-state index contributed by atoms with van der Waals surface area (Å²) in [5.41, 5.74) is 0. The van der Waals surface area contributed by atoms with Gasteiger partial charge < -0.3 is 38.5 Å². The third-order valence-electron chi connectivity index (χ3n) is 5.35. The number of hydrogen-bond donors (Lipinski definition) is 0. The van der Waals surface area contributed by atoms with Crippen molar-refractivity contribution in [2.75, 3.05) is 62.0 Å². The molecule has 0 spiro atoms. The van der Waals surface area contributed by atoms with Crippen molar-refractivity contribution in [2.45, 2.75) is 103 Å². The summed E-state index contributed by atoms with van der Waals surface area (Å²) in [5.74, 6) is 0. The zero-order chi connectivity index (χ0) is 21.3. The zero-order valence-electron chi connectivity index (χ0n) is 21.7. The molecule has 0 aliphatic rings. The van der Waals surface area contributed by atoms with Crippen molar-refractivity contribution in [3.63, 3.8) is 0 Å². The lowest BCUT2D eigenvalue weighted by Gasteiger charge is -2.33. The third kappa shape index (κ3) is 28.5. The Balaban J connectivity index is -0.00000364. The van der Waals surface area contributed by atoms with E-state index in [2.05, 4.69) is 49.2 Å². The number of rotatable bonds is 20. The first kappa shape index (κ1) is 35.1. The van der Waals surface area contributed by atoms with Crippen molar-refractivity contribution in [3.8, 4) is 0 Å². The first-order valence-corrected chi connectivity index (χ1v) is 12.4. The fourth-order valence-corrected chi connectivity index (χ4v) is 3.93. The number of likely N-dealkylation sites (N-methyl/N-ethyl adjacent to an activating group) is 2. The summed E-state index contributed by atoms with van der Waals surface area (Å²) in [6.07, 6.45) is 20.1. The topological polar surface area (TPSA) is 9.23 Å². The van der Waals surface area contributed by atoms with Gasteiger partial charge in [-0.3, -0.25) is 0 Å². The molecule has 3 nitrogen and oxygen atoms in total. The Labute approximate surface area is 203 Å². The van der Waals surface area contributed by atoms with Gasteiger partial charge in [0.05, 0.1) is 42.3 Å². The molecular weight excluding hydrogens is 415 g/mol. The van der Waals surface area contributed by atoms with Gasteiger partial charge in [-0.2, -0.15) is 0 Å². The minimum Gasteiger partial charge on any atom is -1.00 e. The summed E-state index contributed by atoms with van der Waals surface area (Å²) in [5, 5.41) is 0. The van der Waals surface area contributed by atoms with E-state index in [1.807, 2.05) is 0 Å². The SMILES string of the molecule is CCCCCCCCCCCCCCCCOC(C[N+](C)(C)C)C[N+](C)(C)C.[Cl-].[Cl-]. The van der Waals surface area contributed by atoms with Crippen molar-refractivity contribution < 1.29 is 38.5 Å². The molecule has 0 N–H and O–H groups in total. The standard InChI is InChI=1S/C25H56N2O.2ClH/c1-8-9-10-11-12-13-14-15-16-17-18-19-20-21-22-28-25(23-26(2,3)4)24-27(5,6)7;;/h25H,8-24H2,1-7H3;2*1H/q+2;;/p-2. The molecule has 0 aromatic carbocycles. The van der Waals surface area contributed by atoms with Crippen LogP contribution in [0.15, 0.2) is 0 Å². The average Bonchev–Trinajstić information content (AvgIpc) is 2.55. The zero-order valence-corrected chi connectivity index (χ0v) is 23.2. The Morgan fingerprint density at radius 2 is 0.800 bits per heavy atom. The predicted molar refractivity (Wildman–Crippen MR) is 126 cm³/mol. The van der Waals surface area contributed by atoms with Gasteiger partial charge in [-0.05, 0) is 6.42 Å². The van der Waals surface area contributed by atoms with E-state index in [-0.39, 0.29) is 24.8 Å². The van der Waals surface area contributed by atoms with E-state index in [0.717, 1.165) is 28.7 Å². The minimum atomic E-state index is 0. The van der Waals surface area contributed by atoms with Gasteiger partial charge in [-0.1, -0.05) is 90.4 Å². The quantitative estimate of drug-likeness (QED) is 0.183. The van der Waals surface area contributed by atoms with E-state index < -0.39 is 0 Å². The van der Waals surface area contributed by atoms with Crippen LogP contribution in [0, 0.1) is 0 Å². The molecule has 0 aliphatic carbocycles. The maximum atomic E-state index is 6.27. The Bertz CT molecular complexity index is 325. The third-order valence-corrected chi connectivity index (χ3v) is 5.35. The molecule has 30 heavy (non-hydrogen) atoms. The first-order valence-electron chi connectivity index (χ1n) is 12.4. The highest BCUT2D eigenvalue weighted by Crippen LogP contribution is 2.13. The Morgan fingerprint density at radius 1 is 0.500 bits per heavy atom. The highest BCUT2D eigenvalue weighted by molar-refractivity contribution is 4.56. The van der Waals surface area contributed by atoms with Crippen LogP contribution >= 0.6 is 0 Å². The van der Waals surface area contributed by atoms with Gasteiger partial charge in [-0.25, -0.2) is 0 Å². The summed E-state index contributed by atoms with van der Waals surface area (Å²) >= 11 is 0. The normalized spacial score (nSPS) is 12.0. The van der Waals surface area contributed by atoms with Crippen LogP contribution < -0.4 is 24.8 Å². The van der Waals surface area contributed by atoms with E-state index in [1.165, 1.54) is 89.9 Å². The fraction of sp³-hybridized carbons (Fsp3) is 1.00. The van der Waals surface area contributed by atoms with Gasteiger partial charge in [0.2, 0.25) is 0 Å². The monoisotopic (exact) mass is 470 g/mol. The second kappa shape index (κ2) is 21.3. The summed E-state index contributed by atoms with van der Waals surface area (Å²) in [4.78, 5) is 0. The average molecular weight is 472 g/mol. The Kier molecular flexibility index (Phi) is 24.9. The molecule has 0 saturated heterocycles. The molecule has 0 aromatic heterocycles. The Morgan fingerprint density at radius 3 is 1.10 bits per heavy atom. The van der Waals surface area contributed by atoms with Gasteiger partial charge >= 0.3 is 0 Å². The van der Waals surface area contributed by atoms with Crippen LogP contribution in [-0.2, 0) is 4.74 Å². The van der Waals surface area contributed by atoms with Gasteiger partial charge in [-0.15, -0.1) is 0 Å². The molecule has 0 rings (SSSR count). The molecule has 0 aromatic rings. The Hall–Kier alpha value is 0.460. The van der Waals surface area contributed by atoms with Crippen LogP contribution in [0.1, 0.15) is 96.8 Å². The summed E-state index contributed by atoms with van der Waals surface area (Å²) in [6.45, 7) is 5.41. The van der Waals surface area contributed by atoms with E-state index in [0.29, 0.717) is 6.10 Å². The second-order valence-electron chi connectivity index (χ2n) is 11.0. The second-order valence-corrected chi connectivity index (χ2v) is 11.0. The molecule has 0 heterocycles. The molecule has 0 aliphatic heterocycles. The lowest BCUT2D eigenvalue weighted by Crippen LogP contribution is -3.00. The number of unbranched alkanes of at least 4 members (excludes halogenated alkanes) is 13. The van der Waals surface area contributed by atoms with Crippen LogP contribution in [-0.4, -0.2) is 77.1 Å². The van der Waals surface area contributed by atoms with Crippen LogP contribution in [0.3, 0.4) is 0 Å². The fourth-order valence-electron chi connectivity index (χ4n) is 3.93. The molecule has 0 amide bonds. The molecule has 0 bridgehead atoms. The van der Waals surface area contributed by atoms with Gasteiger partial charge in [0, 0.05) is 6.61 Å². The largest absolute Gasteiger partial charge is 1.00 e. The van der Waals surface area contributed by atoms with Crippen molar-refractivity contribution in [1.82, 2.24) is 0 Å². The summed E-state index contributed by atoms with van der Waals surface area (Å²) in [6, 6.07) is 0. The number of ether oxygens (including phenoxy) is 1. The lowest BCUT2D eigenvalue weighted by atomic mass is 10.0. The van der Waals surface area contributed by atoms with E-state index in [1.54, 1.807) is 0 Å².